The van der Waals surface area contributed by atoms with E-state index in [1.165, 1.54) is 0 Å². The van der Waals surface area contributed by atoms with Crippen molar-refractivity contribution in [2.45, 2.75) is 32.9 Å². The molecule has 0 N–H and O–H groups in total. The maximum absolute atomic E-state index is 13.5. The fraction of sp³-hybridized carbons (Fsp3) is 0.192. The van der Waals surface area contributed by atoms with Crippen molar-refractivity contribution in [3.8, 4) is 11.3 Å². The topological polar surface area (TPSA) is 60.2 Å². The largest absolute Gasteiger partial charge is 0.443 e. The Bertz CT molecular complexity index is 1170. The van der Waals surface area contributed by atoms with Crippen molar-refractivity contribution < 1.29 is 9.53 Å². The Morgan fingerprint density at radius 3 is 2.03 bits per heavy atom. The normalized spacial score (nSPS) is 11.2. The van der Waals surface area contributed by atoms with E-state index in [9.17, 15) is 4.79 Å². The summed E-state index contributed by atoms with van der Waals surface area (Å²) in [6.45, 7) is 6.02. The highest BCUT2D eigenvalue weighted by Crippen LogP contribution is 2.35. The molecule has 1 amide bonds. The number of nitrogens with zero attached hydrogens (tertiary/aromatic N) is 4. The van der Waals surface area contributed by atoms with Crippen LogP contribution in [-0.4, -0.2) is 26.7 Å². The average Bonchev–Trinajstić information content (AvgIpc) is 3.18. The van der Waals surface area contributed by atoms with Crippen molar-refractivity contribution in [2.24, 2.45) is 0 Å². The van der Waals surface area contributed by atoms with E-state index in [1.54, 1.807) is 9.58 Å². The maximum atomic E-state index is 13.5. The first-order valence-electron chi connectivity index (χ1n) is 10.5. The molecule has 6 heteroatoms. The van der Waals surface area contributed by atoms with Gasteiger partial charge in [-0.3, -0.25) is 0 Å². The number of para-hydroxylation sites is 1. The SMILES string of the molecule is CC(C)(C)OC(=O)N(c1ccccc1)c1c(-c2ccccc2)nnn1Cc1ccccc1. The predicted octanol–water partition coefficient (Wildman–Crippen LogP) is 6.07. The first-order chi connectivity index (χ1) is 15.4. The Morgan fingerprint density at radius 1 is 0.875 bits per heavy atom. The molecule has 0 unspecified atom stereocenters. The molecule has 0 aliphatic heterocycles. The number of amides is 1. The molecule has 6 nitrogen and oxygen atoms in total. The molecule has 1 heterocycles. The standard InChI is InChI=1S/C26H26N4O2/c1-26(2,3)32-25(31)30(22-17-11-6-12-18-22)24-23(21-15-9-5-10-16-21)27-28-29(24)19-20-13-7-4-8-14-20/h4-18H,19H2,1-3H3. The Morgan fingerprint density at radius 2 is 1.44 bits per heavy atom. The molecular formula is C26H26N4O2. The quantitative estimate of drug-likeness (QED) is 0.389. The highest BCUT2D eigenvalue weighted by atomic mass is 16.6. The number of hydrogen-bond acceptors (Lipinski definition) is 4. The van der Waals surface area contributed by atoms with Crippen molar-refractivity contribution in [1.82, 2.24) is 15.0 Å². The zero-order valence-electron chi connectivity index (χ0n) is 18.5. The Hall–Kier alpha value is -3.93. The third-order valence-electron chi connectivity index (χ3n) is 4.73. The second-order valence-corrected chi connectivity index (χ2v) is 8.42. The van der Waals surface area contributed by atoms with Crippen molar-refractivity contribution in [2.75, 3.05) is 4.90 Å². The number of rotatable bonds is 5. The van der Waals surface area contributed by atoms with E-state index < -0.39 is 11.7 Å². The number of benzene rings is 3. The molecule has 0 atom stereocenters. The number of aromatic nitrogens is 3. The van der Waals surface area contributed by atoms with E-state index in [-0.39, 0.29) is 0 Å². The molecular weight excluding hydrogens is 400 g/mol. The lowest BCUT2D eigenvalue weighted by Gasteiger charge is -2.28. The number of ether oxygens (including phenoxy) is 1. The van der Waals surface area contributed by atoms with Crippen LogP contribution < -0.4 is 4.90 Å². The number of anilines is 2. The molecule has 4 rings (SSSR count). The van der Waals surface area contributed by atoms with E-state index in [1.807, 2.05) is 112 Å². The van der Waals surface area contributed by atoms with Crippen LogP contribution in [0.2, 0.25) is 0 Å². The van der Waals surface area contributed by atoms with Crippen LogP contribution in [0.1, 0.15) is 26.3 Å². The maximum Gasteiger partial charge on any atom is 0.420 e. The molecule has 0 saturated heterocycles. The molecule has 0 fully saturated rings. The first-order valence-corrected chi connectivity index (χ1v) is 10.5. The van der Waals surface area contributed by atoms with Gasteiger partial charge in [-0.15, -0.1) is 5.10 Å². The van der Waals surface area contributed by atoms with Gasteiger partial charge < -0.3 is 4.74 Å². The summed E-state index contributed by atoms with van der Waals surface area (Å²) in [5.41, 5.74) is 2.54. The average molecular weight is 427 g/mol. The van der Waals surface area contributed by atoms with Gasteiger partial charge in [-0.2, -0.15) is 0 Å². The van der Waals surface area contributed by atoms with Crippen LogP contribution in [0.15, 0.2) is 91.0 Å². The van der Waals surface area contributed by atoms with Gasteiger partial charge in [0, 0.05) is 5.56 Å². The van der Waals surface area contributed by atoms with Crippen molar-refractivity contribution in [3.05, 3.63) is 96.6 Å². The molecule has 4 aromatic rings. The molecule has 0 radical (unpaired) electrons. The predicted molar refractivity (Wildman–Crippen MR) is 126 cm³/mol. The molecule has 0 bridgehead atoms. The minimum absolute atomic E-state index is 0.460. The fourth-order valence-corrected chi connectivity index (χ4v) is 3.37. The Balaban J connectivity index is 1.89. The molecule has 32 heavy (non-hydrogen) atoms. The van der Waals surface area contributed by atoms with Gasteiger partial charge in [0.15, 0.2) is 5.82 Å². The summed E-state index contributed by atoms with van der Waals surface area (Å²) >= 11 is 0. The fourth-order valence-electron chi connectivity index (χ4n) is 3.37. The van der Waals surface area contributed by atoms with Crippen LogP contribution in [0.5, 0.6) is 0 Å². The van der Waals surface area contributed by atoms with E-state index in [2.05, 4.69) is 10.3 Å². The van der Waals surface area contributed by atoms with Gasteiger partial charge in [0.1, 0.15) is 11.3 Å². The summed E-state index contributed by atoms with van der Waals surface area (Å²) in [7, 11) is 0. The van der Waals surface area contributed by atoms with Gasteiger partial charge in [-0.25, -0.2) is 14.4 Å². The Labute approximate surface area is 188 Å². The minimum atomic E-state index is -0.658. The lowest BCUT2D eigenvalue weighted by Crippen LogP contribution is -2.35. The summed E-state index contributed by atoms with van der Waals surface area (Å²) in [6, 6.07) is 29.1. The van der Waals surface area contributed by atoms with E-state index in [0.29, 0.717) is 23.7 Å². The summed E-state index contributed by atoms with van der Waals surface area (Å²) in [4.78, 5) is 15.0. The third-order valence-corrected chi connectivity index (χ3v) is 4.73. The van der Waals surface area contributed by atoms with Crippen molar-refractivity contribution in [1.29, 1.82) is 0 Å². The monoisotopic (exact) mass is 426 g/mol. The van der Waals surface area contributed by atoms with Crippen LogP contribution >= 0.6 is 0 Å². The Kier molecular flexibility index (Phi) is 6.03. The molecule has 0 aliphatic carbocycles. The summed E-state index contributed by atoms with van der Waals surface area (Å²) < 4.78 is 7.54. The van der Waals surface area contributed by atoms with Crippen LogP contribution in [-0.2, 0) is 11.3 Å². The second kappa shape index (κ2) is 9.06. The lowest BCUT2D eigenvalue weighted by atomic mass is 10.1. The van der Waals surface area contributed by atoms with Crippen LogP contribution in [0.25, 0.3) is 11.3 Å². The second-order valence-electron chi connectivity index (χ2n) is 8.42. The van der Waals surface area contributed by atoms with E-state index in [4.69, 9.17) is 4.74 Å². The summed E-state index contributed by atoms with van der Waals surface area (Å²) in [5.74, 6) is 0.556. The van der Waals surface area contributed by atoms with Crippen molar-refractivity contribution in [3.63, 3.8) is 0 Å². The molecule has 0 aliphatic rings. The number of hydrogen-bond donors (Lipinski definition) is 0. The van der Waals surface area contributed by atoms with Gasteiger partial charge in [-0.1, -0.05) is 84.1 Å². The molecule has 0 saturated carbocycles. The van der Waals surface area contributed by atoms with Gasteiger partial charge in [0.25, 0.3) is 0 Å². The number of carbonyl (C=O) groups is 1. The van der Waals surface area contributed by atoms with Gasteiger partial charge in [0.2, 0.25) is 0 Å². The van der Waals surface area contributed by atoms with Gasteiger partial charge in [0.05, 0.1) is 12.2 Å². The highest BCUT2D eigenvalue weighted by molar-refractivity contribution is 5.98. The molecule has 3 aromatic carbocycles. The van der Waals surface area contributed by atoms with Crippen LogP contribution in [0, 0.1) is 0 Å². The van der Waals surface area contributed by atoms with Crippen LogP contribution in [0.3, 0.4) is 0 Å². The van der Waals surface area contributed by atoms with Gasteiger partial charge in [-0.05, 0) is 38.5 Å². The molecule has 0 spiro atoms. The minimum Gasteiger partial charge on any atom is -0.443 e. The smallest absolute Gasteiger partial charge is 0.420 e. The zero-order chi connectivity index (χ0) is 22.6. The summed E-state index contributed by atoms with van der Waals surface area (Å²) in [5, 5.41) is 8.90. The van der Waals surface area contributed by atoms with E-state index in [0.717, 1.165) is 11.1 Å². The number of carbonyl (C=O) groups excluding carboxylic acids is 1. The lowest BCUT2D eigenvalue weighted by molar-refractivity contribution is 0.0597. The van der Waals surface area contributed by atoms with Gasteiger partial charge >= 0.3 is 6.09 Å². The molecule has 1 aromatic heterocycles. The summed E-state index contributed by atoms with van der Waals surface area (Å²) in [6.07, 6.45) is -0.488. The van der Waals surface area contributed by atoms with Crippen molar-refractivity contribution >= 4 is 17.6 Å². The molecule has 162 valence electrons. The van der Waals surface area contributed by atoms with E-state index >= 15 is 0 Å². The highest BCUT2D eigenvalue weighted by Gasteiger charge is 2.31. The zero-order valence-corrected chi connectivity index (χ0v) is 18.5. The van der Waals surface area contributed by atoms with Crippen LogP contribution in [0.4, 0.5) is 16.3 Å². The third kappa shape index (κ3) is 4.86. The first kappa shape index (κ1) is 21.3.